The molecule has 1 fully saturated rings. The maximum Gasteiger partial charge on any atom is 0.107 e. The molecule has 0 saturated carbocycles. The Bertz CT molecular complexity index is 316. The first kappa shape index (κ1) is 10.9. The zero-order chi connectivity index (χ0) is 11.1. The first-order valence-corrected chi connectivity index (χ1v) is 5.96. The van der Waals surface area contributed by atoms with Crippen LogP contribution in [0.15, 0.2) is 23.3 Å². The highest BCUT2D eigenvalue weighted by Crippen LogP contribution is 2.41. The van der Waals surface area contributed by atoms with E-state index >= 15 is 0 Å². The van der Waals surface area contributed by atoms with Gasteiger partial charge in [0.05, 0.1) is 6.61 Å². The molecule has 1 aliphatic heterocycles. The molecule has 1 atom stereocenters. The molecule has 84 valence electrons. The predicted octanol–water partition coefficient (Wildman–Crippen LogP) is 3.86. The van der Waals surface area contributed by atoms with Gasteiger partial charge in [0, 0.05) is 0 Å². The summed E-state index contributed by atoms with van der Waals surface area (Å²) in [6.07, 6.45) is 8.45. The van der Waals surface area contributed by atoms with Gasteiger partial charge in [-0.15, -0.1) is 0 Å². The number of ether oxygens (including phenoxy) is 1. The zero-order valence-electron chi connectivity index (χ0n) is 10.4. The monoisotopic (exact) mass is 206 g/mol. The average Bonchev–Trinajstić information content (AvgIpc) is 2.82. The molecule has 0 bridgehead atoms. The summed E-state index contributed by atoms with van der Waals surface area (Å²) in [5.41, 5.74) is 3.49. The minimum Gasteiger partial charge on any atom is -0.365 e. The fourth-order valence-electron chi connectivity index (χ4n) is 2.48. The topological polar surface area (TPSA) is 12.5 Å². The maximum absolute atomic E-state index is 5.38. The van der Waals surface area contributed by atoms with Gasteiger partial charge in [0.2, 0.25) is 0 Å². The second-order valence-corrected chi connectivity index (χ2v) is 5.87. The number of hydrogen-bond donors (Lipinski definition) is 0. The molecule has 2 aliphatic rings. The highest BCUT2D eigenvalue weighted by Gasteiger charge is 2.36. The number of allylic oxidation sites excluding steroid dienone is 3. The van der Waals surface area contributed by atoms with Crippen molar-refractivity contribution in [1.82, 2.24) is 0 Å². The lowest BCUT2D eigenvalue weighted by molar-refractivity contribution is 0.364. The van der Waals surface area contributed by atoms with Crippen molar-refractivity contribution in [3.05, 3.63) is 23.3 Å². The minimum atomic E-state index is 0.0425. The van der Waals surface area contributed by atoms with Crippen molar-refractivity contribution in [3.8, 4) is 0 Å². The first-order valence-electron chi connectivity index (χ1n) is 5.96. The van der Waals surface area contributed by atoms with Crippen LogP contribution in [0.1, 0.15) is 47.0 Å². The summed E-state index contributed by atoms with van der Waals surface area (Å²) in [5, 5.41) is 0. The second kappa shape index (κ2) is 3.48. The van der Waals surface area contributed by atoms with Crippen LogP contribution in [0.2, 0.25) is 0 Å². The van der Waals surface area contributed by atoms with Gasteiger partial charge in [0.25, 0.3) is 0 Å². The van der Waals surface area contributed by atoms with Crippen molar-refractivity contribution in [2.24, 2.45) is 5.41 Å². The molecule has 0 radical (unpaired) electrons. The average molecular weight is 206 g/mol. The molecule has 2 rings (SSSR count). The third-order valence-corrected chi connectivity index (χ3v) is 3.74. The van der Waals surface area contributed by atoms with Gasteiger partial charge in [0.1, 0.15) is 5.60 Å². The smallest absolute Gasteiger partial charge is 0.107 e. The van der Waals surface area contributed by atoms with Crippen molar-refractivity contribution < 1.29 is 4.74 Å². The Labute approximate surface area is 93.2 Å². The largest absolute Gasteiger partial charge is 0.365 e. The normalized spacial score (nSPS) is 34.9. The minimum absolute atomic E-state index is 0.0425. The maximum atomic E-state index is 5.38. The van der Waals surface area contributed by atoms with Crippen LogP contribution in [0, 0.1) is 5.41 Å². The summed E-state index contributed by atoms with van der Waals surface area (Å²) in [6, 6.07) is 0. The van der Waals surface area contributed by atoms with E-state index in [0.29, 0.717) is 5.41 Å². The SMILES string of the molecule is CC1=C(C=CC2(C)CO2)C(C)(C)CCC1. The Morgan fingerprint density at radius 2 is 1.93 bits per heavy atom. The summed E-state index contributed by atoms with van der Waals surface area (Å²) >= 11 is 0. The van der Waals surface area contributed by atoms with E-state index < -0.39 is 0 Å². The summed E-state index contributed by atoms with van der Waals surface area (Å²) in [4.78, 5) is 0. The molecule has 15 heavy (non-hydrogen) atoms. The van der Waals surface area contributed by atoms with Crippen LogP contribution in [0.5, 0.6) is 0 Å². The Balaban J connectivity index is 2.20. The number of rotatable bonds is 2. The molecule has 1 aliphatic carbocycles. The predicted molar refractivity (Wildman–Crippen MR) is 63.8 cm³/mol. The molecule has 0 aromatic heterocycles. The lowest BCUT2D eigenvalue weighted by atomic mass is 9.72. The van der Waals surface area contributed by atoms with Gasteiger partial charge in [-0.25, -0.2) is 0 Å². The molecule has 1 nitrogen and oxygen atoms in total. The molecule has 0 N–H and O–H groups in total. The van der Waals surface area contributed by atoms with Crippen LogP contribution in [0.3, 0.4) is 0 Å². The Morgan fingerprint density at radius 3 is 2.47 bits per heavy atom. The van der Waals surface area contributed by atoms with E-state index in [1.54, 1.807) is 5.57 Å². The van der Waals surface area contributed by atoms with E-state index in [4.69, 9.17) is 4.74 Å². The molecular formula is C14H22O. The van der Waals surface area contributed by atoms with Gasteiger partial charge >= 0.3 is 0 Å². The van der Waals surface area contributed by atoms with Crippen molar-refractivity contribution in [2.75, 3.05) is 6.61 Å². The van der Waals surface area contributed by atoms with E-state index in [-0.39, 0.29) is 5.60 Å². The van der Waals surface area contributed by atoms with Crippen LogP contribution in [0.25, 0.3) is 0 Å². The highest BCUT2D eigenvalue weighted by atomic mass is 16.6. The van der Waals surface area contributed by atoms with E-state index in [0.717, 1.165) is 6.61 Å². The highest BCUT2D eigenvalue weighted by molar-refractivity contribution is 5.34. The summed E-state index contributed by atoms with van der Waals surface area (Å²) in [6.45, 7) is 10.0. The van der Waals surface area contributed by atoms with Crippen molar-refractivity contribution in [1.29, 1.82) is 0 Å². The Morgan fingerprint density at radius 1 is 1.27 bits per heavy atom. The van der Waals surface area contributed by atoms with Crippen LogP contribution < -0.4 is 0 Å². The van der Waals surface area contributed by atoms with E-state index in [1.807, 2.05) is 0 Å². The third-order valence-electron chi connectivity index (χ3n) is 3.74. The molecule has 1 saturated heterocycles. The number of epoxide rings is 1. The van der Waals surface area contributed by atoms with Crippen LogP contribution in [-0.2, 0) is 4.74 Å². The molecule has 1 unspecified atom stereocenters. The van der Waals surface area contributed by atoms with Crippen LogP contribution in [0.4, 0.5) is 0 Å². The molecule has 1 heteroatoms. The summed E-state index contributed by atoms with van der Waals surface area (Å²) in [7, 11) is 0. The van der Waals surface area contributed by atoms with Gasteiger partial charge in [-0.2, -0.15) is 0 Å². The van der Waals surface area contributed by atoms with Gasteiger partial charge in [0.15, 0.2) is 0 Å². The molecule has 0 amide bonds. The van der Waals surface area contributed by atoms with Gasteiger partial charge < -0.3 is 4.74 Å². The van der Waals surface area contributed by atoms with Crippen molar-refractivity contribution >= 4 is 0 Å². The van der Waals surface area contributed by atoms with Crippen molar-refractivity contribution in [3.63, 3.8) is 0 Å². The molecule has 1 heterocycles. The van der Waals surface area contributed by atoms with Gasteiger partial charge in [-0.05, 0) is 44.1 Å². The van der Waals surface area contributed by atoms with Crippen molar-refractivity contribution in [2.45, 2.75) is 52.6 Å². The third kappa shape index (κ3) is 2.34. The standard InChI is InChI=1S/C14H22O/c1-11-6-5-8-13(2,3)12(11)7-9-14(4)10-15-14/h7,9H,5-6,8,10H2,1-4H3. The molecule has 0 spiro atoms. The first-order chi connectivity index (χ1) is 6.93. The van der Waals surface area contributed by atoms with Crippen LogP contribution in [-0.4, -0.2) is 12.2 Å². The van der Waals surface area contributed by atoms with Crippen LogP contribution >= 0.6 is 0 Å². The van der Waals surface area contributed by atoms with E-state index in [9.17, 15) is 0 Å². The Kier molecular flexibility index (Phi) is 2.54. The van der Waals surface area contributed by atoms with Gasteiger partial charge in [-0.3, -0.25) is 0 Å². The molecule has 0 aromatic carbocycles. The summed E-state index contributed by atoms with van der Waals surface area (Å²) < 4.78 is 5.38. The molecular weight excluding hydrogens is 184 g/mol. The zero-order valence-corrected chi connectivity index (χ0v) is 10.4. The summed E-state index contributed by atoms with van der Waals surface area (Å²) in [5.74, 6) is 0. The van der Waals surface area contributed by atoms with E-state index in [1.165, 1.54) is 24.8 Å². The fraction of sp³-hybridized carbons (Fsp3) is 0.714. The molecule has 0 aromatic rings. The van der Waals surface area contributed by atoms with Gasteiger partial charge in [-0.1, -0.05) is 31.6 Å². The number of hydrogen-bond acceptors (Lipinski definition) is 1. The Hall–Kier alpha value is -0.560. The van der Waals surface area contributed by atoms with E-state index in [2.05, 4.69) is 39.8 Å². The quantitative estimate of drug-likeness (QED) is 0.625. The lowest BCUT2D eigenvalue weighted by Crippen LogP contribution is -2.19. The second-order valence-electron chi connectivity index (χ2n) is 5.87. The fourth-order valence-corrected chi connectivity index (χ4v) is 2.48. The lowest BCUT2D eigenvalue weighted by Gasteiger charge is -2.33.